The van der Waals surface area contributed by atoms with Crippen molar-refractivity contribution in [2.24, 2.45) is 0 Å². The van der Waals surface area contributed by atoms with Gasteiger partial charge < -0.3 is 5.32 Å². The second-order valence-electron chi connectivity index (χ2n) is 4.64. The summed E-state index contributed by atoms with van der Waals surface area (Å²) in [4.78, 5) is 2.51. The van der Waals surface area contributed by atoms with Crippen molar-refractivity contribution in [3.05, 3.63) is 38.7 Å². The Labute approximate surface area is 134 Å². The lowest BCUT2D eigenvalue weighted by atomic mass is 10.3. The number of likely N-dealkylation sites (N-methyl/N-ethyl adjacent to an activating group) is 1. The van der Waals surface area contributed by atoms with Crippen molar-refractivity contribution in [1.82, 2.24) is 9.62 Å². The minimum atomic E-state index is -3.40. The van der Waals surface area contributed by atoms with Crippen LogP contribution >= 0.6 is 22.7 Å². The van der Waals surface area contributed by atoms with Gasteiger partial charge in [-0.15, -0.1) is 22.7 Å². The van der Waals surface area contributed by atoms with Crippen LogP contribution in [-0.4, -0.2) is 32.9 Å². The number of sulfonamides is 1. The first kappa shape index (κ1) is 16.6. The summed E-state index contributed by atoms with van der Waals surface area (Å²) in [6.45, 7) is 3.93. The molecule has 0 radical (unpaired) electrons. The number of nitrogens with zero attached hydrogens (tertiary/aromatic N) is 1. The van der Waals surface area contributed by atoms with E-state index in [0.29, 0.717) is 18.0 Å². The molecule has 0 spiro atoms. The molecule has 0 saturated heterocycles. The third-order valence-electron chi connectivity index (χ3n) is 3.18. The normalized spacial score (nSPS) is 12.1. The van der Waals surface area contributed by atoms with Crippen molar-refractivity contribution >= 4 is 32.7 Å². The monoisotopic (exact) mass is 344 g/mol. The van der Waals surface area contributed by atoms with E-state index < -0.39 is 10.0 Å². The second kappa shape index (κ2) is 7.51. The van der Waals surface area contributed by atoms with Gasteiger partial charge in [-0.3, -0.25) is 0 Å². The van der Waals surface area contributed by atoms with E-state index >= 15 is 0 Å². The first-order valence-electron chi connectivity index (χ1n) is 6.81. The van der Waals surface area contributed by atoms with Gasteiger partial charge in [-0.2, -0.15) is 0 Å². The van der Waals surface area contributed by atoms with Crippen LogP contribution in [0.2, 0.25) is 0 Å². The summed E-state index contributed by atoms with van der Waals surface area (Å²) in [6, 6.07) is 5.72. The first-order chi connectivity index (χ1) is 10.1. The van der Waals surface area contributed by atoms with Crippen molar-refractivity contribution in [3.63, 3.8) is 0 Å². The van der Waals surface area contributed by atoms with Crippen LogP contribution in [0.25, 0.3) is 0 Å². The van der Waals surface area contributed by atoms with E-state index in [9.17, 15) is 8.42 Å². The Bertz CT molecular complexity index is 648. The van der Waals surface area contributed by atoms with E-state index in [1.807, 2.05) is 29.8 Å². The molecule has 2 aromatic rings. The van der Waals surface area contributed by atoms with Crippen LogP contribution in [0.5, 0.6) is 0 Å². The smallest absolute Gasteiger partial charge is 0.243 e. The molecule has 0 amide bonds. The molecule has 4 nitrogen and oxygen atoms in total. The van der Waals surface area contributed by atoms with Crippen molar-refractivity contribution in [2.75, 3.05) is 20.1 Å². The highest BCUT2D eigenvalue weighted by Gasteiger charge is 2.24. The molecule has 0 aliphatic rings. The minimum Gasteiger partial charge on any atom is -0.312 e. The van der Waals surface area contributed by atoms with Crippen LogP contribution in [0.3, 0.4) is 0 Å². The Kier molecular flexibility index (Phi) is 5.95. The Morgan fingerprint density at radius 1 is 1.24 bits per heavy atom. The van der Waals surface area contributed by atoms with Gasteiger partial charge in [0.2, 0.25) is 10.0 Å². The zero-order valence-electron chi connectivity index (χ0n) is 12.2. The molecule has 0 aliphatic carbocycles. The average molecular weight is 345 g/mol. The van der Waals surface area contributed by atoms with Gasteiger partial charge in [-0.25, -0.2) is 12.7 Å². The fourth-order valence-corrected chi connectivity index (χ4v) is 5.19. The minimum absolute atomic E-state index is 0.433. The van der Waals surface area contributed by atoms with Crippen LogP contribution in [0.4, 0.5) is 0 Å². The van der Waals surface area contributed by atoms with Crippen LogP contribution in [-0.2, 0) is 23.0 Å². The van der Waals surface area contributed by atoms with Gasteiger partial charge in [0, 0.05) is 29.9 Å². The summed E-state index contributed by atoms with van der Waals surface area (Å²) in [6.07, 6.45) is 0.750. The molecule has 7 heteroatoms. The number of rotatable bonds is 8. The Hall–Kier alpha value is -0.730. The lowest BCUT2D eigenvalue weighted by molar-refractivity contribution is 0.473. The molecule has 2 heterocycles. The summed E-state index contributed by atoms with van der Waals surface area (Å²) >= 11 is 3.14. The summed E-state index contributed by atoms with van der Waals surface area (Å²) in [5.41, 5.74) is 0. The number of hydrogen-bond acceptors (Lipinski definition) is 5. The van der Waals surface area contributed by atoms with E-state index in [2.05, 4.69) is 5.32 Å². The standard InChI is InChI=1S/C14H20N2O2S3/c1-3-15-11-13-14(7-10-20-13)21(17,18)16(2)8-6-12-5-4-9-19-12/h4-5,7,9-10,15H,3,6,8,11H2,1-2H3. The fraction of sp³-hybridized carbons (Fsp3) is 0.429. The third-order valence-corrected chi connectivity index (χ3v) is 7.11. The summed E-state index contributed by atoms with van der Waals surface area (Å²) < 4.78 is 26.7. The van der Waals surface area contributed by atoms with Gasteiger partial charge in [0.15, 0.2) is 0 Å². The van der Waals surface area contributed by atoms with Crippen molar-refractivity contribution in [3.8, 4) is 0 Å². The zero-order valence-corrected chi connectivity index (χ0v) is 14.7. The molecular formula is C14H20N2O2S3. The molecule has 0 unspecified atom stereocenters. The quantitative estimate of drug-likeness (QED) is 0.801. The molecule has 0 atom stereocenters. The van der Waals surface area contributed by atoms with Crippen molar-refractivity contribution < 1.29 is 8.42 Å². The highest BCUT2D eigenvalue weighted by Crippen LogP contribution is 2.25. The lowest BCUT2D eigenvalue weighted by Crippen LogP contribution is -2.29. The zero-order chi connectivity index (χ0) is 15.3. The summed E-state index contributed by atoms with van der Waals surface area (Å²) in [5, 5.41) is 7.04. The summed E-state index contributed by atoms with van der Waals surface area (Å²) in [7, 11) is -1.75. The summed E-state index contributed by atoms with van der Waals surface area (Å²) in [5.74, 6) is 0. The Morgan fingerprint density at radius 3 is 2.71 bits per heavy atom. The largest absolute Gasteiger partial charge is 0.312 e. The van der Waals surface area contributed by atoms with Gasteiger partial charge in [0.1, 0.15) is 0 Å². The van der Waals surface area contributed by atoms with Gasteiger partial charge in [0.05, 0.1) is 4.90 Å². The molecule has 0 bridgehead atoms. The van der Waals surface area contributed by atoms with E-state index in [-0.39, 0.29) is 0 Å². The van der Waals surface area contributed by atoms with E-state index in [0.717, 1.165) is 17.8 Å². The number of thiophene rings is 2. The maximum absolute atomic E-state index is 12.6. The van der Waals surface area contributed by atoms with Crippen molar-refractivity contribution in [1.29, 1.82) is 0 Å². The van der Waals surface area contributed by atoms with Gasteiger partial charge in [0.25, 0.3) is 0 Å². The second-order valence-corrected chi connectivity index (χ2v) is 8.69. The van der Waals surface area contributed by atoms with E-state index in [4.69, 9.17) is 0 Å². The SMILES string of the molecule is CCNCc1sccc1S(=O)(=O)N(C)CCc1cccs1. The highest BCUT2D eigenvalue weighted by atomic mass is 32.2. The van der Waals surface area contributed by atoms with Crippen molar-refractivity contribution in [2.45, 2.75) is 24.8 Å². The molecule has 0 fully saturated rings. The van der Waals surface area contributed by atoms with E-state index in [1.165, 1.54) is 20.5 Å². The fourth-order valence-electron chi connectivity index (χ4n) is 1.94. The molecule has 2 aromatic heterocycles. The van der Waals surface area contributed by atoms with Crippen LogP contribution < -0.4 is 5.32 Å². The first-order valence-corrected chi connectivity index (χ1v) is 10.0. The maximum Gasteiger partial charge on any atom is 0.243 e. The molecule has 1 N–H and O–H groups in total. The lowest BCUT2D eigenvalue weighted by Gasteiger charge is -2.17. The van der Waals surface area contributed by atoms with Gasteiger partial charge in [-0.1, -0.05) is 13.0 Å². The number of hydrogen-bond donors (Lipinski definition) is 1. The topological polar surface area (TPSA) is 49.4 Å². The predicted octanol–water partition coefficient (Wildman–Crippen LogP) is 2.78. The maximum atomic E-state index is 12.6. The molecule has 116 valence electrons. The molecular weight excluding hydrogens is 324 g/mol. The third kappa shape index (κ3) is 4.14. The highest BCUT2D eigenvalue weighted by molar-refractivity contribution is 7.89. The van der Waals surface area contributed by atoms with Gasteiger partial charge in [-0.05, 0) is 35.9 Å². The number of nitrogens with one attached hydrogen (secondary N) is 1. The molecule has 0 aromatic carbocycles. The van der Waals surface area contributed by atoms with E-state index in [1.54, 1.807) is 24.5 Å². The average Bonchev–Trinajstić information content (AvgIpc) is 3.13. The van der Waals surface area contributed by atoms with Crippen LogP contribution in [0.15, 0.2) is 33.9 Å². The Balaban J connectivity index is 2.07. The predicted molar refractivity (Wildman–Crippen MR) is 89.5 cm³/mol. The van der Waals surface area contributed by atoms with Crippen LogP contribution in [0, 0.1) is 0 Å². The molecule has 2 rings (SSSR count). The van der Waals surface area contributed by atoms with Gasteiger partial charge >= 0.3 is 0 Å². The molecule has 0 aliphatic heterocycles. The molecule has 21 heavy (non-hydrogen) atoms. The molecule has 0 saturated carbocycles. The van der Waals surface area contributed by atoms with Crippen LogP contribution in [0.1, 0.15) is 16.7 Å². The Morgan fingerprint density at radius 2 is 2.05 bits per heavy atom.